The number of carbonyl (C=O) groups excluding carboxylic acids is 3. The molecule has 3 atom stereocenters. The first kappa shape index (κ1) is 25.5. The zero-order valence-electron chi connectivity index (χ0n) is 20.0. The summed E-state index contributed by atoms with van der Waals surface area (Å²) in [6.07, 6.45) is 1.79. The highest BCUT2D eigenvalue weighted by Crippen LogP contribution is 2.42. The Bertz CT molecular complexity index is 833. The van der Waals surface area contributed by atoms with E-state index in [1.54, 1.807) is 45.9 Å². The predicted molar refractivity (Wildman–Crippen MR) is 122 cm³/mol. The predicted octanol–water partition coefficient (Wildman–Crippen LogP) is 3.42. The second kappa shape index (κ2) is 10.7. The van der Waals surface area contributed by atoms with Gasteiger partial charge < -0.3 is 25.4 Å². The number of nitrogens with one attached hydrogen (secondary N) is 2. The summed E-state index contributed by atoms with van der Waals surface area (Å²) in [4.78, 5) is 40.1. The molecule has 3 unspecified atom stereocenters. The van der Waals surface area contributed by atoms with E-state index in [1.807, 2.05) is 13.8 Å². The van der Waals surface area contributed by atoms with E-state index in [-0.39, 0.29) is 30.2 Å². The average molecular weight is 448 g/mol. The number of hydrogen-bond donors (Lipinski definition) is 3. The molecule has 8 heteroatoms. The van der Waals surface area contributed by atoms with Crippen molar-refractivity contribution >= 4 is 17.9 Å². The number of phenolic OH excluding ortho intramolecular Hbond substituents is 1. The first-order valence-electron chi connectivity index (χ1n) is 11.3. The molecule has 8 nitrogen and oxygen atoms in total. The van der Waals surface area contributed by atoms with Crippen LogP contribution in [0.2, 0.25) is 0 Å². The minimum absolute atomic E-state index is 0.00524. The molecule has 1 aromatic carbocycles. The van der Waals surface area contributed by atoms with Crippen molar-refractivity contribution in [1.29, 1.82) is 0 Å². The fraction of sp³-hybridized carbons (Fsp3) is 0.625. The average Bonchev–Trinajstić information content (AvgIpc) is 3.41. The number of amides is 3. The molecule has 1 fully saturated rings. The maximum absolute atomic E-state index is 13.3. The lowest BCUT2D eigenvalue weighted by Gasteiger charge is -2.32. The molecule has 178 valence electrons. The van der Waals surface area contributed by atoms with Crippen LogP contribution in [0, 0.1) is 12.8 Å². The summed E-state index contributed by atoms with van der Waals surface area (Å²) < 4.78 is 5.22. The number of aryl methyl sites for hydroxylation is 1. The Kier molecular flexibility index (Phi) is 8.52. The largest absolute Gasteiger partial charge is 0.507 e. The van der Waals surface area contributed by atoms with Gasteiger partial charge >= 0.3 is 6.09 Å². The van der Waals surface area contributed by atoms with E-state index in [9.17, 15) is 19.5 Å². The van der Waals surface area contributed by atoms with Crippen molar-refractivity contribution in [3.05, 3.63) is 29.3 Å². The summed E-state index contributed by atoms with van der Waals surface area (Å²) in [5, 5.41) is 16.1. The molecule has 1 aliphatic carbocycles. The minimum Gasteiger partial charge on any atom is -0.507 e. The van der Waals surface area contributed by atoms with Gasteiger partial charge in [-0.1, -0.05) is 38.5 Å². The van der Waals surface area contributed by atoms with Crippen molar-refractivity contribution in [3.8, 4) is 5.75 Å². The Morgan fingerprint density at radius 3 is 2.47 bits per heavy atom. The van der Waals surface area contributed by atoms with Gasteiger partial charge in [0.15, 0.2) is 0 Å². The van der Waals surface area contributed by atoms with Gasteiger partial charge in [-0.3, -0.25) is 9.59 Å². The summed E-state index contributed by atoms with van der Waals surface area (Å²) in [6, 6.07) is 4.04. The van der Waals surface area contributed by atoms with Crippen LogP contribution in [0.25, 0.3) is 0 Å². The van der Waals surface area contributed by atoms with Crippen LogP contribution in [0.5, 0.6) is 5.75 Å². The van der Waals surface area contributed by atoms with Crippen LogP contribution in [0.15, 0.2) is 18.2 Å². The van der Waals surface area contributed by atoms with Crippen molar-refractivity contribution in [3.63, 3.8) is 0 Å². The molecular weight excluding hydrogens is 410 g/mol. The highest BCUT2D eigenvalue weighted by molar-refractivity contribution is 5.91. The molecule has 1 aromatic rings. The number of rotatable bonds is 9. The Hall–Kier alpha value is -2.77. The molecule has 32 heavy (non-hydrogen) atoms. The Balaban J connectivity index is 2.32. The van der Waals surface area contributed by atoms with E-state index < -0.39 is 23.6 Å². The normalized spacial score (nSPS) is 18.4. The number of carbonyl (C=O) groups is 3. The molecule has 3 N–H and O–H groups in total. The second-order valence-corrected chi connectivity index (χ2v) is 9.50. The summed E-state index contributed by atoms with van der Waals surface area (Å²) in [6.45, 7) is 11.2. The highest BCUT2D eigenvalue weighted by atomic mass is 16.6. The van der Waals surface area contributed by atoms with Gasteiger partial charge in [-0.15, -0.1) is 0 Å². The number of ether oxygens (including phenoxy) is 1. The third-order valence-electron chi connectivity index (χ3n) is 5.41. The van der Waals surface area contributed by atoms with Crippen LogP contribution < -0.4 is 10.6 Å². The Morgan fingerprint density at radius 1 is 1.25 bits per heavy atom. The minimum atomic E-state index is -0.991. The van der Waals surface area contributed by atoms with Crippen molar-refractivity contribution in [2.75, 3.05) is 13.1 Å². The first-order chi connectivity index (χ1) is 15.0. The van der Waals surface area contributed by atoms with Crippen molar-refractivity contribution in [1.82, 2.24) is 15.5 Å². The van der Waals surface area contributed by atoms with Crippen LogP contribution in [-0.4, -0.2) is 52.6 Å². The van der Waals surface area contributed by atoms with Gasteiger partial charge in [0.05, 0.1) is 0 Å². The molecule has 0 spiro atoms. The molecule has 1 saturated carbocycles. The number of aromatic hydroxyl groups is 1. The van der Waals surface area contributed by atoms with Gasteiger partial charge in [0.2, 0.25) is 11.8 Å². The summed E-state index contributed by atoms with van der Waals surface area (Å²) >= 11 is 0. The molecule has 0 bridgehead atoms. The molecule has 0 radical (unpaired) electrons. The zero-order valence-corrected chi connectivity index (χ0v) is 20.0. The monoisotopic (exact) mass is 447 g/mol. The number of benzene rings is 1. The van der Waals surface area contributed by atoms with Gasteiger partial charge in [-0.2, -0.15) is 0 Å². The molecule has 0 heterocycles. The number of para-hydroxylation sites is 1. The SMILES string of the molecule is CCCCNC(=O)C(c1cccc(C)c1O)N(C(=O)CNC(=O)OC(C)(C)C)C1CC1C. The molecule has 0 aromatic heterocycles. The standard InChI is InChI=1S/C24H37N3O5/c1-7-8-12-25-22(30)20(17-11-9-10-15(2)21(17)29)27(18-13-16(18)3)19(28)14-26-23(31)32-24(4,5)6/h9-11,16,18,20,29H,7-8,12-14H2,1-6H3,(H,25,30)(H,26,31). The summed E-state index contributed by atoms with van der Waals surface area (Å²) in [5.74, 6) is -0.529. The molecular formula is C24H37N3O5. The molecule has 0 aliphatic heterocycles. The van der Waals surface area contributed by atoms with Crippen LogP contribution in [0.4, 0.5) is 4.79 Å². The van der Waals surface area contributed by atoms with Gasteiger partial charge in [0.25, 0.3) is 0 Å². The van der Waals surface area contributed by atoms with E-state index >= 15 is 0 Å². The number of nitrogens with zero attached hydrogens (tertiary/aromatic N) is 1. The van der Waals surface area contributed by atoms with Gasteiger partial charge in [-0.05, 0) is 52.0 Å². The van der Waals surface area contributed by atoms with Gasteiger partial charge in [0, 0.05) is 18.2 Å². The quantitative estimate of drug-likeness (QED) is 0.503. The molecule has 0 saturated heterocycles. The summed E-state index contributed by atoms with van der Waals surface area (Å²) in [7, 11) is 0. The van der Waals surface area contributed by atoms with Crippen LogP contribution in [0.1, 0.15) is 71.0 Å². The Morgan fingerprint density at radius 2 is 1.91 bits per heavy atom. The van der Waals surface area contributed by atoms with Crippen molar-refractivity contribution < 1.29 is 24.2 Å². The maximum atomic E-state index is 13.3. The molecule has 1 aliphatic rings. The van der Waals surface area contributed by atoms with E-state index in [1.165, 1.54) is 4.90 Å². The smallest absolute Gasteiger partial charge is 0.408 e. The van der Waals surface area contributed by atoms with Gasteiger partial charge in [0.1, 0.15) is 23.9 Å². The molecule has 3 amide bonds. The molecule has 2 rings (SSSR count). The van der Waals surface area contributed by atoms with Crippen molar-refractivity contribution in [2.45, 2.75) is 78.5 Å². The lowest BCUT2D eigenvalue weighted by atomic mass is 9.99. The number of phenols is 1. The van der Waals surface area contributed by atoms with Crippen LogP contribution >= 0.6 is 0 Å². The second-order valence-electron chi connectivity index (χ2n) is 9.50. The fourth-order valence-corrected chi connectivity index (χ4v) is 3.57. The van der Waals surface area contributed by atoms with E-state index in [2.05, 4.69) is 10.6 Å². The topological polar surface area (TPSA) is 108 Å². The maximum Gasteiger partial charge on any atom is 0.408 e. The third kappa shape index (κ3) is 6.87. The number of hydrogen-bond acceptors (Lipinski definition) is 5. The highest BCUT2D eigenvalue weighted by Gasteiger charge is 2.47. The fourth-order valence-electron chi connectivity index (χ4n) is 3.57. The lowest BCUT2D eigenvalue weighted by Crippen LogP contribution is -2.49. The lowest BCUT2D eigenvalue weighted by molar-refractivity contribution is -0.141. The zero-order chi connectivity index (χ0) is 24.1. The third-order valence-corrected chi connectivity index (χ3v) is 5.41. The van der Waals surface area contributed by atoms with Crippen molar-refractivity contribution in [2.24, 2.45) is 5.92 Å². The van der Waals surface area contributed by atoms with E-state index in [0.29, 0.717) is 17.7 Å². The number of unbranched alkanes of at least 4 members (excludes halogenated alkanes) is 1. The first-order valence-corrected chi connectivity index (χ1v) is 11.3. The summed E-state index contributed by atoms with van der Waals surface area (Å²) in [5.41, 5.74) is 0.313. The van der Waals surface area contributed by atoms with Crippen LogP contribution in [-0.2, 0) is 14.3 Å². The van der Waals surface area contributed by atoms with E-state index in [4.69, 9.17) is 4.74 Å². The Labute approximate surface area is 190 Å². The van der Waals surface area contributed by atoms with E-state index in [0.717, 1.165) is 19.3 Å². The van der Waals surface area contributed by atoms with Crippen LogP contribution in [0.3, 0.4) is 0 Å². The number of alkyl carbamates (subject to hydrolysis) is 1. The van der Waals surface area contributed by atoms with Gasteiger partial charge in [-0.25, -0.2) is 4.79 Å².